The van der Waals surface area contributed by atoms with Gasteiger partial charge >= 0.3 is 0 Å². The van der Waals surface area contributed by atoms with Crippen LogP contribution in [0.25, 0.3) is 5.65 Å². The highest BCUT2D eigenvalue weighted by Gasteiger charge is 2.02. The minimum atomic E-state index is 0.857. The van der Waals surface area contributed by atoms with E-state index in [0.29, 0.717) is 0 Å². The molecule has 4 nitrogen and oxygen atoms in total. The zero-order valence-corrected chi connectivity index (χ0v) is 9.45. The van der Waals surface area contributed by atoms with Gasteiger partial charge in [0.15, 0.2) is 11.5 Å². The lowest BCUT2D eigenvalue weighted by Crippen LogP contribution is -2.11. The first kappa shape index (κ1) is 9.61. The summed E-state index contributed by atoms with van der Waals surface area (Å²) in [5.74, 6) is 0.873. The number of hydrogen-bond donors (Lipinski definition) is 1. The molecule has 1 N–H and O–H groups in total. The standard InChI is InChI=1S/C9H11BrN4/c1-11-4-2-8-12-9-6-7(10)3-5-14(9)13-8/h3,5-6,11H,2,4H2,1H3. The van der Waals surface area contributed by atoms with E-state index in [1.807, 2.05) is 25.4 Å². The van der Waals surface area contributed by atoms with Gasteiger partial charge in [0.2, 0.25) is 0 Å². The lowest BCUT2D eigenvalue weighted by Gasteiger charge is -1.91. The van der Waals surface area contributed by atoms with E-state index in [4.69, 9.17) is 0 Å². The predicted molar refractivity (Wildman–Crippen MR) is 58.3 cm³/mol. The van der Waals surface area contributed by atoms with Gasteiger partial charge in [-0.05, 0) is 19.2 Å². The van der Waals surface area contributed by atoms with Crippen LogP contribution in [0.15, 0.2) is 22.8 Å². The summed E-state index contributed by atoms with van der Waals surface area (Å²) in [5.41, 5.74) is 0.880. The van der Waals surface area contributed by atoms with Gasteiger partial charge in [-0.25, -0.2) is 9.50 Å². The molecule has 0 spiro atoms. The monoisotopic (exact) mass is 254 g/mol. The molecule has 74 valence electrons. The first-order valence-corrected chi connectivity index (χ1v) is 5.24. The summed E-state index contributed by atoms with van der Waals surface area (Å²) >= 11 is 3.40. The van der Waals surface area contributed by atoms with Crippen LogP contribution in [0.1, 0.15) is 5.82 Å². The Morgan fingerprint density at radius 3 is 3.21 bits per heavy atom. The molecule has 0 aliphatic carbocycles. The number of rotatable bonds is 3. The molecule has 0 bridgehead atoms. The number of fused-ring (bicyclic) bond motifs is 1. The van der Waals surface area contributed by atoms with Crippen molar-refractivity contribution in [2.24, 2.45) is 0 Å². The summed E-state index contributed by atoms with van der Waals surface area (Å²) in [6.07, 6.45) is 2.76. The van der Waals surface area contributed by atoms with E-state index in [1.165, 1.54) is 0 Å². The molecule has 0 saturated heterocycles. The molecule has 0 aliphatic rings. The van der Waals surface area contributed by atoms with Crippen LogP contribution in [-0.2, 0) is 6.42 Å². The van der Waals surface area contributed by atoms with Crippen molar-refractivity contribution in [1.29, 1.82) is 0 Å². The fourth-order valence-electron chi connectivity index (χ4n) is 1.25. The number of nitrogens with zero attached hydrogens (tertiary/aromatic N) is 3. The predicted octanol–water partition coefficient (Wildman–Crippen LogP) is 1.25. The van der Waals surface area contributed by atoms with Gasteiger partial charge < -0.3 is 5.32 Å². The Balaban J connectivity index is 2.32. The summed E-state index contributed by atoms with van der Waals surface area (Å²) in [6.45, 7) is 0.901. The van der Waals surface area contributed by atoms with Crippen molar-refractivity contribution in [2.45, 2.75) is 6.42 Å². The van der Waals surface area contributed by atoms with E-state index in [0.717, 1.165) is 28.9 Å². The first-order valence-electron chi connectivity index (χ1n) is 4.45. The summed E-state index contributed by atoms with van der Waals surface area (Å²) in [5, 5.41) is 7.41. The van der Waals surface area contributed by atoms with Gasteiger partial charge in [0.1, 0.15) is 0 Å². The number of likely N-dealkylation sites (N-methyl/N-ethyl adjacent to an activating group) is 1. The summed E-state index contributed by atoms with van der Waals surface area (Å²) < 4.78 is 2.81. The Kier molecular flexibility index (Phi) is 2.79. The maximum atomic E-state index is 4.39. The Bertz CT molecular complexity index is 437. The lowest BCUT2D eigenvalue weighted by molar-refractivity contribution is 0.751. The normalized spacial score (nSPS) is 11.0. The average Bonchev–Trinajstić information content (AvgIpc) is 2.56. The summed E-state index contributed by atoms with van der Waals surface area (Å²) in [7, 11) is 1.92. The van der Waals surface area contributed by atoms with Crippen molar-refractivity contribution in [2.75, 3.05) is 13.6 Å². The van der Waals surface area contributed by atoms with E-state index < -0.39 is 0 Å². The van der Waals surface area contributed by atoms with Crippen LogP contribution in [0.4, 0.5) is 0 Å². The molecular weight excluding hydrogens is 244 g/mol. The van der Waals surface area contributed by atoms with Gasteiger partial charge in [-0.3, -0.25) is 0 Å². The first-order chi connectivity index (χ1) is 6.79. The molecule has 0 saturated carbocycles. The number of hydrogen-bond acceptors (Lipinski definition) is 3. The van der Waals surface area contributed by atoms with Crippen LogP contribution < -0.4 is 5.32 Å². The Hall–Kier alpha value is -0.940. The average molecular weight is 255 g/mol. The summed E-state index contributed by atoms with van der Waals surface area (Å²) in [6, 6.07) is 3.90. The maximum absolute atomic E-state index is 4.39. The van der Waals surface area contributed by atoms with Crippen molar-refractivity contribution >= 4 is 21.6 Å². The van der Waals surface area contributed by atoms with Crippen molar-refractivity contribution in [1.82, 2.24) is 19.9 Å². The van der Waals surface area contributed by atoms with Crippen LogP contribution in [0.3, 0.4) is 0 Å². The van der Waals surface area contributed by atoms with Crippen molar-refractivity contribution in [3.8, 4) is 0 Å². The molecule has 2 heterocycles. The number of halogens is 1. The number of nitrogens with one attached hydrogen (secondary N) is 1. The van der Waals surface area contributed by atoms with Gasteiger partial charge in [-0.15, -0.1) is 0 Å². The molecule has 2 rings (SSSR count). The van der Waals surface area contributed by atoms with Crippen molar-refractivity contribution in [3.05, 3.63) is 28.6 Å². The quantitative estimate of drug-likeness (QED) is 0.897. The van der Waals surface area contributed by atoms with Gasteiger partial charge in [0, 0.05) is 23.6 Å². The molecule has 0 amide bonds. The zero-order chi connectivity index (χ0) is 9.97. The van der Waals surface area contributed by atoms with Gasteiger partial charge in [0.25, 0.3) is 0 Å². The molecule has 2 aromatic rings. The number of aromatic nitrogens is 3. The molecule has 14 heavy (non-hydrogen) atoms. The minimum absolute atomic E-state index is 0.857. The van der Waals surface area contributed by atoms with Crippen LogP contribution in [0.2, 0.25) is 0 Å². The third-order valence-electron chi connectivity index (χ3n) is 1.94. The molecule has 0 radical (unpaired) electrons. The topological polar surface area (TPSA) is 42.2 Å². The van der Waals surface area contributed by atoms with Gasteiger partial charge in [0.05, 0.1) is 0 Å². The third-order valence-corrected chi connectivity index (χ3v) is 2.44. The second kappa shape index (κ2) is 4.06. The van der Waals surface area contributed by atoms with E-state index in [9.17, 15) is 0 Å². The van der Waals surface area contributed by atoms with Crippen molar-refractivity contribution in [3.63, 3.8) is 0 Å². The minimum Gasteiger partial charge on any atom is -0.319 e. The molecule has 5 heteroatoms. The second-order valence-corrected chi connectivity index (χ2v) is 3.94. The SMILES string of the molecule is CNCCc1nc2cc(Br)ccn2n1. The third kappa shape index (κ3) is 1.93. The molecule has 0 fully saturated rings. The number of pyridine rings is 1. The Labute approximate surface area is 90.5 Å². The van der Waals surface area contributed by atoms with E-state index in [-0.39, 0.29) is 0 Å². The van der Waals surface area contributed by atoms with Crippen LogP contribution >= 0.6 is 15.9 Å². The van der Waals surface area contributed by atoms with Gasteiger partial charge in [-0.1, -0.05) is 15.9 Å². The highest BCUT2D eigenvalue weighted by Crippen LogP contribution is 2.11. The molecule has 0 atom stereocenters. The highest BCUT2D eigenvalue weighted by molar-refractivity contribution is 9.10. The molecule has 0 aromatic carbocycles. The van der Waals surface area contributed by atoms with Crippen LogP contribution in [-0.4, -0.2) is 28.2 Å². The largest absolute Gasteiger partial charge is 0.319 e. The highest BCUT2D eigenvalue weighted by atomic mass is 79.9. The van der Waals surface area contributed by atoms with Crippen LogP contribution in [0, 0.1) is 0 Å². The van der Waals surface area contributed by atoms with E-state index >= 15 is 0 Å². The molecule has 0 unspecified atom stereocenters. The molecule has 0 aliphatic heterocycles. The lowest BCUT2D eigenvalue weighted by atomic mass is 10.4. The zero-order valence-electron chi connectivity index (χ0n) is 7.87. The Morgan fingerprint density at radius 1 is 1.57 bits per heavy atom. The fraction of sp³-hybridized carbons (Fsp3) is 0.333. The van der Waals surface area contributed by atoms with Gasteiger partial charge in [-0.2, -0.15) is 5.10 Å². The summed E-state index contributed by atoms with van der Waals surface area (Å²) in [4.78, 5) is 4.39. The Morgan fingerprint density at radius 2 is 2.43 bits per heavy atom. The molecular formula is C9H11BrN4. The van der Waals surface area contributed by atoms with Crippen LogP contribution in [0.5, 0.6) is 0 Å². The van der Waals surface area contributed by atoms with Crippen molar-refractivity contribution < 1.29 is 0 Å². The fourth-order valence-corrected chi connectivity index (χ4v) is 1.57. The van der Waals surface area contributed by atoms with E-state index in [2.05, 4.69) is 31.3 Å². The smallest absolute Gasteiger partial charge is 0.156 e. The van der Waals surface area contributed by atoms with E-state index in [1.54, 1.807) is 4.52 Å². The second-order valence-electron chi connectivity index (χ2n) is 3.03. The molecule has 2 aromatic heterocycles. The maximum Gasteiger partial charge on any atom is 0.156 e.